The van der Waals surface area contributed by atoms with Crippen LogP contribution in [0.25, 0.3) is 11.4 Å². The molecule has 23 heavy (non-hydrogen) atoms. The Bertz CT molecular complexity index is 793. The number of hydrogen-bond acceptors (Lipinski definition) is 5. The first-order chi connectivity index (χ1) is 11.1. The molecule has 0 spiro atoms. The van der Waals surface area contributed by atoms with Gasteiger partial charge in [-0.3, -0.25) is 14.9 Å². The summed E-state index contributed by atoms with van der Waals surface area (Å²) in [5.41, 5.74) is 0.872. The Kier molecular flexibility index (Phi) is 4.13. The summed E-state index contributed by atoms with van der Waals surface area (Å²) in [7, 11) is 0. The average Bonchev–Trinajstić information content (AvgIpc) is 3.21. The molecular weight excluding hydrogens is 294 g/mol. The number of nitrogens with zero attached hydrogens (tertiary/aromatic N) is 5. The van der Waals surface area contributed by atoms with E-state index in [2.05, 4.69) is 30.5 Å². The van der Waals surface area contributed by atoms with E-state index in [0.29, 0.717) is 11.6 Å². The summed E-state index contributed by atoms with van der Waals surface area (Å²) in [4.78, 5) is 24.7. The van der Waals surface area contributed by atoms with Crippen LogP contribution < -0.4 is 5.32 Å². The highest BCUT2D eigenvalue weighted by Crippen LogP contribution is 2.12. The Morgan fingerprint density at radius 1 is 1.35 bits per heavy atom. The summed E-state index contributed by atoms with van der Waals surface area (Å²) in [5, 5.41) is 9.82. The van der Waals surface area contributed by atoms with Gasteiger partial charge in [-0.05, 0) is 26.0 Å². The van der Waals surface area contributed by atoms with Gasteiger partial charge in [0, 0.05) is 30.4 Å². The zero-order chi connectivity index (χ0) is 16.2. The molecule has 0 aromatic carbocycles. The zero-order valence-corrected chi connectivity index (χ0v) is 12.9. The molecule has 1 amide bonds. The van der Waals surface area contributed by atoms with Gasteiger partial charge < -0.3 is 9.88 Å². The highest BCUT2D eigenvalue weighted by Gasteiger charge is 2.16. The molecule has 0 bridgehead atoms. The van der Waals surface area contributed by atoms with E-state index in [1.807, 2.05) is 30.5 Å². The van der Waals surface area contributed by atoms with Crippen LogP contribution in [-0.2, 0) is 11.3 Å². The van der Waals surface area contributed by atoms with Crippen molar-refractivity contribution in [3.63, 3.8) is 0 Å². The molecule has 8 heteroatoms. The molecule has 0 aliphatic carbocycles. The molecule has 0 aliphatic heterocycles. The van der Waals surface area contributed by atoms with Crippen LogP contribution in [0.5, 0.6) is 0 Å². The summed E-state index contributed by atoms with van der Waals surface area (Å²) >= 11 is 0. The molecule has 8 nitrogen and oxygen atoms in total. The predicted octanol–water partition coefficient (Wildman–Crippen LogP) is 1.25. The molecule has 2 N–H and O–H groups in total. The molecule has 0 saturated carbocycles. The summed E-state index contributed by atoms with van der Waals surface area (Å²) in [6, 6.07) is 3.32. The van der Waals surface area contributed by atoms with E-state index in [1.54, 1.807) is 24.8 Å². The molecular formula is C15H17N7O. The van der Waals surface area contributed by atoms with Crippen LogP contribution in [0.4, 0.5) is 0 Å². The first-order valence-corrected chi connectivity index (χ1v) is 7.24. The maximum atomic E-state index is 12.2. The number of rotatable bonds is 5. The Morgan fingerprint density at radius 2 is 2.13 bits per heavy atom. The highest BCUT2D eigenvalue weighted by atomic mass is 16.2. The van der Waals surface area contributed by atoms with Crippen molar-refractivity contribution in [2.45, 2.75) is 26.4 Å². The van der Waals surface area contributed by atoms with Crippen molar-refractivity contribution in [2.75, 3.05) is 0 Å². The lowest BCUT2D eigenvalue weighted by molar-refractivity contribution is -0.124. The fourth-order valence-electron chi connectivity index (χ4n) is 2.25. The number of imidazole rings is 1. The van der Waals surface area contributed by atoms with E-state index < -0.39 is 0 Å². The third kappa shape index (κ3) is 3.25. The molecule has 0 unspecified atom stereocenters. The number of aryl methyl sites for hydroxylation is 1. The van der Waals surface area contributed by atoms with Crippen molar-refractivity contribution in [1.82, 2.24) is 35.0 Å². The average molecular weight is 311 g/mol. The number of hydrogen-bond donors (Lipinski definition) is 2. The van der Waals surface area contributed by atoms with Crippen LogP contribution in [0.2, 0.25) is 0 Å². The van der Waals surface area contributed by atoms with E-state index >= 15 is 0 Å². The zero-order valence-electron chi connectivity index (χ0n) is 12.9. The Labute approximate surface area is 133 Å². The number of carbonyl (C=O) groups excluding carboxylic acids is 1. The van der Waals surface area contributed by atoms with Gasteiger partial charge >= 0.3 is 0 Å². The molecule has 1 atom stereocenters. The first kappa shape index (κ1) is 14.9. The van der Waals surface area contributed by atoms with Crippen molar-refractivity contribution in [2.24, 2.45) is 0 Å². The number of nitrogens with one attached hydrogen (secondary N) is 2. The second-order valence-corrected chi connectivity index (χ2v) is 5.12. The van der Waals surface area contributed by atoms with E-state index in [0.717, 1.165) is 11.4 Å². The van der Waals surface area contributed by atoms with E-state index in [4.69, 9.17) is 0 Å². The predicted molar refractivity (Wildman–Crippen MR) is 83.1 cm³/mol. The molecule has 118 valence electrons. The van der Waals surface area contributed by atoms with Crippen molar-refractivity contribution in [1.29, 1.82) is 0 Å². The lowest BCUT2D eigenvalue weighted by Crippen LogP contribution is -2.31. The van der Waals surface area contributed by atoms with Gasteiger partial charge in [0.15, 0.2) is 5.82 Å². The van der Waals surface area contributed by atoms with Gasteiger partial charge in [0.05, 0.1) is 6.54 Å². The highest BCUT2D eigenvalue weighted by molar-refractivity contribution is 5.79. The molecule has 0 aliphatic rings. The van der Waals surface area contributed by atoms with Gasteiger partial charge in [0.1, 0.15) is 17.7 Å². The fraction of sp³-hybridized carbons (Fsp3) is 0.267. The first-order valence-electron chi connectivity index (χ1n) is 7.24. The van der Waals surface area contributed by atoms with Crippen molar-refractivity contribution in [3.8, 4) is 11.4 Å². The van der Waals surface area contributed by atoms with Gasteiger partial charge in [-0.15, -0.1) is 0 Å². The van der Waals surface area contributed by atoms with Crippen LogP contribution in [0.15, 0.2) is 36.9 Å². The molecule has 3 heterocycles. The summed E-state index contributed by atoms with van der Waals surface area (Å²) in [6.07, 6.45) is 6.83. The van der Waals surface area contributed by atoms with E-state index in [1.165, 1.54) is 0 Å². The molecule has 0 radical (unpaired) electrons. The molecule has 0 saturated heterocycles. The SMILES string of the molecule is Cc1nccn1[C@H](C)C(=O)NCc1nc(-c2ccncc2)n[nH]1. The third-order valence-corrected chi connectivity index (χ3v) is 3.56. The lowest BCUT2D eigenvalue weighted by Gasteiger charge is -2.14. The van der Waals surface area contributed by atoms with Crippen LogP contribution in [0.3, 0.4) is 0 Å². The van der Waals surface area contributed by atoms with Gasteiger partial charge in [0.25, 0.3) is 0 Å². The van der Waals surface area contributed by atoms with Gasteiger partial charge in [-0.25, -0.2) is 9.97 Å². The van der Waals surface area contributed by atoms with Crippen molar-refractivity contribution in [3.05, 3.63) is 48.6 Å². The van der Waals surface area contributed by atoms with Gasteiger partial charge in [0.2, 0.25) is 5.91 Å². The summed E-state index contributed by atoms with van der Waals surface area (Å²) < 4.78 is 1.82. The lowest BCUT2D eigenvalue weighted by atomic mass is 10.2. The third-order valence-electron chi connectivity index (χ3n) is 3.56. The topological polar surface area (TPSA) is 101 Å². The van der Waals surface area contributed by atoms with Crippen LogP contribution >= 0.6 is 0 Å². The molecule has 3 aromatic rings. The Hall–Kier alpha value is -3.03. The van der Waals surface area contributed by atoms with Crippen LogP contribution in [0, 0.1) is 6.92 Å². The summed E-state index contributed by atoms with van der Waals surface area (Å²) in [5.74, 6) is 1.87. The van der Waals surface area contributed by atoms with Crippen LogP contribution in [0.1, 0.15) is 24.6 Å². The number of pyridine rings is 1. The molecule has 0 fully saturated rings. The van der Waals surface area contributed by atoms with E-state index in [-0.39, 0.29) is 18.5 Å². The largest absolute Gasteiger partial charge is 0.347 e. The van der Waals surface area contributed by atoms with E-state index in [9.17, 15) is 4.79 Å². The fourth-order valence-corrected chi connectivity index (χ4v) is 2.25. The maximum Gasteiger partial charge on any atom is 0.243 e. The standard InChI is InChI=1S/C15H17N7O/c1-10(22-8-7-17-11(22)2)15(23)18-9-13-19-14(21-20-13)12-3-5-16-6-4-12/h3-8,10H,9H2,1-2H3,(H,18,23)(H,19,20,21)/t10-/m1/s1. The minimum atomic E-state index is -0.333. The van der Waals surface area contributed by atoms with Crippen molar-refractivity contribution < 1.29 is 4.79 Å². The van der Waals surface area contributed by atoms with Crippen molar-refractivity contribution >= 4 is 5.91 Å². The number of amides is 1. The second kappa shape index (κ2) is 6.39. The second-order valence-electron chi connectivity index (χ2n) is 5.12. The minimum Gasteiger partial charge on any atom is -0.347 e. The quantitative estimate of drug-likeness (QED) is 0.738. The molecule has 3 rings (SSSR count). The van der Waals surface area contributed by atoms with Gasteiger partial charge in [-0.2, -0.15) is 5.10 Å². The van der Waals surface area contributed by atoms with Crippen LogP contribution in [-0.4, -0.2) is 35.6 Å². The summed E-state index contributed by atoms with van der Waals surface area (Å²) in [6.45, 7) is 3.98. The normalized spacial score (nSPS) is 12.1. The maximum absolute atomic E-state index is 12.2. The monoisotopic (exact) mass is 311 g/mol. The van der Waals surface area contributed by atoms with Gasteiger partial charge in [-0.1, -0.05) is 0 Å². The number of aromatic nitrogens is 6. The number of carbonyl (C=O) groups is 1. The smallest absolute Gasteiger partial charge is 0.243 e. The number of H-pyrrole nitrogens is 1. The Morgan fingerprint density at radius 3 is 2.83 bits per heavy atom. The minimum absolute atomic E-state index is 0.104. The Balaban J connectivity index is 1.62. The number of aromatic amines is 1. The molecule has 3 aromatic heterocycles.